The van der Waals surface area contributed by atoms with E-state index in [1.54, 1.807) is 13.0 Å². The van der Waals surface area contributed by atoms with Gasteiger partial charge in [-0.2, -0.15) is 0 Å². The second kappa shape index (κ2) is 7.58. The molecule has 0 aromatic carbocycles. The number of carbonyl (C=O) groups excluding carboxylic acids is 1. The van der Waals surface area contributed by atoms with E-state index in [-0.39, 0.29) is 5.91 Å². The predicted molar refractivity (Wildman–Crippen MR) is 105 cm³/mol. The number of aromatic nitrogens is 4. The van der Waals surface area contributed by atoms with Crippen LogP contribution in [0.2, 0.25) is 0 Å². The van der Waals surface area contributed by atoms with Crippen molar-refractivity contribution >= 4 is 5.91 Å². The number of likely N-dealkylation sites (tertiary alicyclic amines) is 1. The standard InChI is InChI=1S/C21H25N5O2/c1-14-9-19(24-28-14)21(27)26-8-4-5-17(13-26)10-16-6-7-18(23-11-16)20-12-22-15(2)25(20)3/h6-7,9,11-12,17H,4-5,8,10,13H2,1-3H3. The van der Waals surface area contributed by atoms with Crippen molar-refractivity contribution in [1.82, 2.24) is 24.6 Å². The zero-order chi connectivity index (χ0) is 19.7. The molecule has 0 bridgehead atoms. The molecule has 7 heteroatoms. The molecule has 3 aromatic heterocycles. The van der Waals surface area contributed by atoms with Crippen LogP contribution in [0.1, 0.15) is 40.5 Å². The number of carbonyl (C=O) groups is 1. The number of rotatable bonds is 4. The van der Waals surface area contributed by atoms with E-state index < -0.39 is 0 Å². The first-order valence-electron chi connectivity index (χ1n) is 9.67. The molecular formula is C21H25N5O2. The van der Waals surface area contributed by atoms with Crippen molar-refractivity contribution in [2.75, 3.05) is 13.1 Å². The molecule has 1 aliphatic heterocycles. The first-order chi connectivity index (χ1) is 13.5. The van der Waals surface area contributed by atoms with Crippen LogP contribution < -0.4 is 0 Å². The fourth-order valence-electron chi connectivity index (χ4n) is 3.82. The van der Waals surface area contributed by atoms with Gasteiger partial charge in [-0.05, 0) is 50.7 Å². The summed E-state index contributed by atoms with van der Waals surface area (Å²) in [6.45, 7) is 5.30. The van der Waals surface area contributed by atoms with Crippen LogP contribution in [0.25, 0.3) is 11.4 Å². The highest BCUT2D eigenvalue weighted by Crippen LogP contribution is 2.23. The van der Waals surface area contributed by atoms with Crippen LogP contribution in [0, 0.1) is 19.8 Å². The SMILES string of the molecule is Cc1cc(C(=O)N2CCCC(Cc3ccc(-c4cnc(C)n4C)nc3)C2)no1. The Kier molecular flexibility index (Phi) is 4.98. The van der Waals surface area contributed by atoms with Gasteiger partial charge < -0.3 is 14.0 Å². The van der Waals surface area contributed by atoms with Gasteiger partial charge in [0, 0.05) is 32.4 Å². The highest BCUT2D eigenvalue weighted by atomic mass is 16.5. The summed E-state index contributed by atoms with van der Waals surface area (Å²) >= 11 is 0. The van der Waals surface area contributed by atoms with E-state index in [1.807, 2.05) is 35.8 Å². The first kappa shape index (κ1) is 18.4. The van der Waals surface area contributed by atoms with E-state index in [1.165, 1.54) is 5.56 Å². The van der Waals surface area contributed by atoms with Gasteiger partial charge in [-0.1, -0.05) is 11.2 Å². The third-order valence-electron chi connectivity index (χ3n) is 5.49. The van der Waals surface area contributed by atoms with Crippen molar-refractivity contribution in [1.29, 1.82) is 0 Å². The zero-order valence-electron chi connectivity index (χ0n) is 16.6. The second-order valence-corrected chi connectivity index (χ2v) is 7.59. The highest BCUT2D eigenvalue weighted by molar-refractivity contribution is 5.92. The molecule has 1 saturated heterocycles. The topological polar surface area (TPSA) is 77.1 Å². The average molecular weight is 379 g/mol. The van der Waals surface area contributed by atoms with Crippen molar-refractivity contribution in [2.24, 2.45) is 13.0 Å². The lowest BCUT2D eigenvalue weighted by Crippen LogP contribution is -2.40. The molecule has 0 spiro atoms. The van der Waals surface area contributed by atoms with Crippen LogP contribution >= 0.6 is 0 Å². The van der Waals surface area contributed by atoms with Crippen molar-refractivity contribution in [2.45, 2.75) is 33.1 Å². The van der Waals surface area contributed by atoms with Crippen molar-refractivity contribution in [3.8, 4) is 11.4 Å². The minimum Gasteiger partial charge on any atom is -0.361 e. The number of piperidine rings is 1. The summed E-state index contributed by atoms with van der Waals surface area (Å²) in [7, 11) is 2.00. The zero-order valence-corrected chi connectivity index (χ0v) is 16.6. The van der Waals surface area contributed by atoms with Crippen molar-refractivity contribution < 1.29 is 9.32 Å². The Labute approximate surface area is 164 Å². The Morgan fingerprint density at radius 3 is 2.75 bits per heavy atom. The Bertz CT molecular complexity index is 973. The number of aryl methyl sites for hydroxylation is 2. The number of pyridine rings is 1. The molecule has 1 atom stereocenters. The predicted octanol–water partition coefficient (Wildman–Crippen LogP) is 3.18. The van der Waals surface area contributed by atoms with Gasteiger partial charge in [-0.25, -0.2) is 4.98 Å². The molecule has 0 saturated carbocycles. The van der Waals surface area contributed by atoms with Crippen LogP contribution in [0.4, 0.5) is 0 Å². The number of hydrogen-bond acceptors (Lipinski definition) is 5. The Morgan fingerprint density at radius 1 is 1.25 bits per heavy atom. The smallest absolute Gasteiger partial charge is 0.276 e. The van der Waals surface area contributed by atoms with Crippen LogP contribution in [0.3, 0.4) is 0 Å². The van der Waals surface area contributed by atoms with E-state index in [0.717, 1.165) is 49.6 Å². The van der Waals surface area contributed by atoms with Crippen molar-refractivity contribution in [3.05, 3.63) is 53.4 Å². The molecule has 1 amide bonds. The maximum atomic E-state index is 12.6. The monoisotopic (exact) mass is 379 g/mol. The van der Waals surface area contributed by atoms with E-state index in [0.29, 0.717) is 17.4 Å². The largest absolute Gasteiger partial charge is 0.361 e. The number of hydrogen-bond donors (Lipinski definition) is 0. The quantitative estimate of drug-likeness (QED) is 0.696. The van der Waals surface area contributed by atoms with Gasteiger partial charge in [0.2, 0.25) is 0 Å². The molecule has 4 heterocycles. The number of imidazole rings is 1. The Balaban J connectivity index is 1.41. The van der Waals surface area contributed by atoms with Crippen LogP contribution in [0.15, 0.2) is 35.1 Å². The molecule has 0 aliphatic carbocycles. The first-order valence-corrected chi connectivity index (χ1v) is 9.67. The van der Waals surface area contributed by atoms with E-state index in [9.17, 15) is 4.79 Å². The maximum absolute atomic E-state index is 12.6. The minimum absolute atomic E-state index is 0.0402. The van der Waals surface area contributed by atoms with Gasteiger partial charge in [-0.15, -0.1) is 0 Å². The minimum atomic E-state index is -0.0402. The second-order valence-electron chi connectivity index (χ2n) is 7.59. The molecule has 1 fully saturated rings. The lowest BCUT2D eigenvalue weighted by atomic mass is 9.91. The maximum Gasteiger partial charge on any atom is 0.276 e. The Morgan fingerprint density at radius 2 is 2.11 bits per heavy atom. The fraction of sp³-hybridized carbons (Fsp3) is 0.429. The fourth-order valence-corrected chi connectivity index (χ4v) is 3.82. The summed E-state index contributed by atoms with van der Waals surface area (Å²) in [6.07, 6.45) is 6.84. The molecule has 0 radical (unpaired) electrons. The molecule has 1 aliphatic rings. The summed E-state index contributed by atoms with van der Waals surface area (Å²) < 4.78 is 7.08. The van der Waals surface area contributed by atoms with Gasteiger partial charge in [0.15, 0.2) is 5.69 Å². The summed E-state index contributed by atoms with van der Waals surface area (Å²) in [5, 5.41) is 3.86. The van der Waals surface area contributed by atoms with E-state index in [4.69, 9.17) is 4.52 Å². The summed E-state index contributed by atoms with van der Waals surface area (Å²) in [4.78, 5) is 23.5. The molecular weight excluding hydrogens is 354 g/mol. The van der Waals surface area contributed by atoms with Crippen LogP contribution in [-0.4, -0.2) is 43.6 Å². The summed E-state index contributed by atoms with van der Waals surface area (Å²) in [5.74, 6) is 2.01. The van der Waals surface area contributed by atoms with Gasteiger partial charge >= 0.3 is 0 Å². The van der Waals surface area contributed by atoms with Crippen molar-refractivity contribution in [3.63, 3.8) is 0 Å². The number of nitrogens with zero attached hydrogens (tertiary/aromatic N) is 5. The summed E-state index contributed by atoms with van der Waals surface area (Å²) in [6, 6.07) is 5.89. The highest BCUT2D eigenvalue weighted by Gasteiger charge is 2.26. The number of amides is 1. The van der Waals surface area contributed by atoms with E-state index >= 15 is 0 Å². The third kappa shape index (κ3) is 3.69. The van der Waals surface area contributed by atoms with Crippen LogP contribution in [-0.2, 0) is 13.5 Å². The van der Waals surface area contributed by atoms with Crippen LogP contribution in [0.5, 0.6) is 0 Å². The third-order valence-corrected chi connectivity index (χ3v) is 5.49. The lowest BCUT2D eigenvalue weighted by molar-refractivity contribution is 0.0663. The van der Waals surface area contributed by atoms with Gasteiger partial charge in [0.05, 0.1) is 17.6 Å². The molecule has 7 nitrogen and oxygen atoms in total. The molecule has 28 heavy (non-hydrogen) atoms. The Hall–Kier alpha value is -2.96. The van der Waals surface area contributed by atoms with E-state index in [2.05, 4.69) is 27.3 Å². The molecule has 3 aromatic rings. The van der Waals surface area contributed by atoms with Gasteiger partial charge in [0.25, 0.3) is 5.91 Å². The average Bonchev–Trinajstić information content (AvgIpc) is 3.28. The van der Waals surface area contributed by atoms with Gasteiger partial charge in [0.1, 0.15) is 11.6 Å². The summed E-state index contributed by atoms with van der Waals surface area (Å²) in [5.41, 5.74) is 3.53. The molecule has 0 N–H and O–H groups in total. The molecule has 1 unspecified atom stereocenters. The van der Waals surface area contributed by atoms with Gasteiger partial charge in [-0.3, -0.25) is 9.78 Å². The normalized spacial score (nSPS) is 17.1. The molecule has 4 rings (SSSR count). The molecule has 146 valence electrons. The lowest BCUT2D eigenvalue weighted by Gasteiger charge is -2.32.